The number of hydrogen-bond donors (Lipinski definition) is 2. The first kappa shape index (κ1) is 9.51. The van der Waals surface area contributed by atoms with E-state index in [1.807, 2.05) is 13.0 Å². The van der Waals surface area contributed by atoms with Crippen LogP contribution in [0, 0.1) is 6.92 Å². The number of pyridine rings is 1. The smallest absolute Gasteiger partial charge is 0.223 e. The number of primary amides is 1. The fourth-order valence-electron chi connectivity index (χ4n) is 1.61. The van der Waals surface area contributed by atoms with Gasteiger partial charge in [-0.05, 0) is 19.1 Å². The van der Waals surface area contributed by atoms with Crippen molar-refractivity contribution in [2.24, 2.45) is 5.73 Å². The number of fused-ring (bicyclic) bond motifs is 1. The first-order chi connectivity index (χ1) is 7.08. The summed E-state index contributed by atoms with van der Waals surface area (Å²) in [6, 6.07) is 3.59. The van der Waals surface area contributed by atoms with Crippen LogP contribution < -0.4 is 11.5 Å². The molecule has 2 rings (SSSR count). The van der Waals surface area contributed by atoms with Crippen molar-refractivity contribution >= 4 is 17.2 Å². The zero-order chi connectivity index (χ0) is 11.0. The molecule has 0 aliphatic carbocycles. The number of nitrogen functional groups attached to an aromatic ring is 1. The van der Waals surface area contributed by atoms with Gasteiger partial charge in [0.25, 0.3) is 0 Å². The molecule has 0 fully saturated rings. The molecule has 0 saturated carbocycles. The van der Waals surface area contributed by atoms with E-state index in [0.717, 1.165) is 17.0 Å². The molecule has 2 aromatic heterocycles. The van der Waals surface area contributed by atoms with Gasteiger partial charge in [-0.25, -0.2) is 4.98 Å². The maximum Gasteiger partial charge on any atom is 0.223 e. The van der Waals surface area contributed by atoms with Crippen LogP contribution in [-0.4, -0.2) is 15.3 Å². The molecule has 0 aliphatic heterocycles. The van der Waals surface area contributed by atoms with E-state index >= 15 is 0 Å². The number of rotatable bonds is 2. The summed E-state index contributed by atoms with van der Waals surface area (Å²) >= 11 is 0. The number of hydrogen-bond acceptors (Lipinski definition) is 3. The van der Waals surface area contributed by atoms with Gasteiger partial charge in [-0.2, -0.15) is 0 Å². The topological polar surface area (TPSA) is 86.4 Å². The van der Waals surface area contributed by atoms with Gasteiger partial charge in [-0.15, -0.1) is 0 Å². The Kier molecular flexibility index (Phi) is 2.07. The lowest BCUT2D eigenvalue weighted by atomic mass is 10.2. The van der Waals surface area contributed by atoms with Gasteiger partial charge in [0.2, 0.25) is 5.91 Å². The van der Waals surface area contributed by atoms with Crippen LogP contribution in [0.4, 0.5) is 5.69 Å². The predicted molar refractivity (Wildman–Crippen MR) is 57.2 cm³/mol. The van der Waals surface area contributed by atoms with Gasteiger partial charge in [0.1, 0.15) is 5.65 Å². The van der Waals surface area contributed by atoms with E-state index in [-0.39, 0.29) is 12.3 Å². The van der Waals surface area contributed by atoms with E-state index in [2.05, 4.69) is 4.98 Å². The van der Waals surface area contributed by atoms with E-state index in [9.17, 15) is 4.79 Å². The largest absolute Gasteiger partial charge is 0.398 e. The first-order valence-electron chi connectivity index (χ1n) is 4.59. The van der Waals surface area contributed by atoms with Gasteiger partial charge in [0.05, 0.1) is 17.8 Å². The fraction of sp³-hybridized carbons (Fsp3) is 0.200. The summed E-state index contributed by atoms with van der Waals surface area (Å²) in [7, 11) is 0. The normalized spacial score (nSPS) is 10.7. The molecule has 1 amide bonds. The Hall–Kier alpha value is -2.04. The maximum absolute atomic E-state index is 10.9. The second-order valence-corrected chi connectivity index (χ2v) is 3.48. The number of amides is 1. The van der Waals surface area contributed by atoms with E-state index in [1.165, 1.54) is 0 Å². The molecule has 5 nitrogen and oxygen atoms in total. The minimum Gasteiger partial charge on any atom is -0.398 e. The Bertz CT molecular complexity index is 529. The number of carbonyl (C=O) groups excluding carboxylic acids is 1. The van der Waals surface area contributed by atoms with Crippen molar-refractivity contribution in [3.8, 4) is 0 Å². The highest BCUT2D eigenvalue weighted by molar-refractivity contribution is 5.76. The highest BCUT2D eigenvalue weighted by Crippen LogP contribution is 2.14. The Balaban J connectivity index is 2.65. The third-order valence-electron chi connectivity index (χ3n) is 2.28. The zero-order valence-electron chi connectivity index (χ0n) is 8.40. The minimum absolute atomic E-state index is 0.177. The molecule has 2 heterocycles. The molecule has 78 valence electrons. The molecule has 0 spiro atoms. The van der Waals surface area contributed by atoms with E-state index in [0.29, 0.717) is 5.69 Å². The van der Waals surface area contributed by atoms with Crippen LogP contribution in [0.2, 0.25) is 0 Å². The monoisotopic (exact) mass is 204 g/mol. The number of aromatic nitrogens is 2. The molecule has 0 aliphatic rings. The molecular weight excluding hydrogens is 192 g/mol. The van der Waals surface area contributed by atoms with Crippen molar-refractivity contribution in [2.75, 3.05) is 5.73 Å². The van der Waals surface area contributed by atoms with Crippen LogP contribution in [0.15, 0.2) is 18.3 Å². The lowest BCUT2D eigenvalue weighted by Gasteiger charge is -2.01. The van der Waals surface area contributed by atoms with Gasteiger partial charge < -0.3 is 15.9 Å². The van der Waals surface area contributed by atoms with E-state index in [4.69, 9.17) is 11.5 Å². The summed E-state index contributed by atoms with van der Waals surface area (Å²) in [5, 5.41) is 0. The number of nitrogens with two attached hydrogens (primary N) is 2. The summed E-state index contributed by atoms with van der Waals surface area (Å²) in [5.74, 6) is -0.373. The van der Waals surface area contributed by atoms with Crippen LogP contribution in [-0.2, 0) is 11.2 Å². The summed E-state index contributed by atoms with van der Waals surface area (Å²) in [6.45, 7) is 1.85. The lowest BCUT2D eigenvalue weighted by molar-refractivity contribution is -0.117. The summed E-state index contributed by atoms with van der Waals surface area (Å²) in [6.07, 6.45) is 1.92. The van der Waals surface area contributed by atoms with Crippen molar-refractivity contribution in [3.63, 3.8) is 0 Å². The Morgan fingerprint density at radius 2 is 2.27 bits per heavy atom. The third kappa shape index (κ3) is 1.63. The standard InChI is InChI=1S/C10H12N4O/c1-6-8(4-9(12)15)14-5-7(11)2-3-10(14)13-6/h2-3,5H,4,11H2,1H3,(H2,12,15). The SMILES string of the molecule is Cc1nc2ccc(N)cn2c1CC(N)=O. The minimum atomic E-state index is -0.373. The van der Waals surface area contributed by atoms with Crippen LogP contribution in [0.25, 0.3) is 5.65 Å². The Morgan fingerprint density at radius 1 is 1.53 bits per heavy atom. The second kappa shape index (κ2) is 3.27. The molecule has 0 unspecified atom stereocenters. The van der Waals surface area contributed by atoms with Crippen molar-refractivity contribution < 1.29 is 4.79 Å². The van der Waals surface area contributed by atoms with Crippen LogP contribution in [0.1, 0.15) is 11.4 Å². The van der Waals surface area contributed by atoms with Gasteiger partial charge in [-0.1, -0.05) is 0 Å². The average molecular weight is 204 g/mol. The lowest BCUT2D eigenvalue weighted by Crippen LogP contribution is -2.15. The Morgan fingerprint density at radius 3 is 2.93 bits per heavy atom. The van der Waals surface area contributed by atoms with Crippen LogP contribution in [0.3, 0.4) is 0 Å². The summed E-state index contributed by atoms with van der Waals surface area (Å²) in [5.41, 5.74) is 13.8. The molecule has 15 heavy (non-hydrogen) atoms. The zero-order valence-corrected chi connectivity index (χ0v) is 8.40. The van der Waals surface area contributed by atoms with E-state index in [1.54, 1.807) is 16.7 Å². The second-order valence-electron chi connectivity index (χ2n) is 3.48. The molecule has 0 aromatic carbocycles. The molecule has 0 radical (unpaired) electrons. The number of carbonyl (C=O) groups is 1. The predicted octanol–water partition coefficient (Wildman–Crippen LogP) is 0.253. The van der Waals surface area contributed by atoms with Crippen molar-refractivity contribution in [1.82, 2.24) is 9.38 Å². The van der Waals surface area contributed by atoms with Crippen molar-refractivity contribution in [3.05, 3.63) is 29.7 Å². The summed E-state index contributed by atoms with van der Waals surface area (Å²) in [4.78, 5) is 15.2. The molecular formula is C10H12N4O. The van der Waals surface area contributed by atoms with Gasteiger partial charge in [0, 0.05) is 11.9 Å². The Labute approximate surface area is 86.7 Å². The molecule has 2 aromatic rings. The first-order valence-corrected chi connectivity index (χ1v) is 4.59. The quantitative estimate of drug-likeness (QED) is 0.735. The summed E-state index contributed by atoms with van der Waals surface area (Å²) < 4.78 is 1.80. The number of anilines is 1. The molecule has 0 atom stereocenters. The van der Waals surface area contributed by atoms with Gasteiger partial charge in [-0.3, -0.25) is 4.79 Å². The molecule has 0 bridgehead atoms. The molecule has 0 saturated heterocycles. The average Bonchev–Trinajstić information content (AvgIpc) is 2.43. The van der Waals surface area contributed by atoms with Crippen molar-refractivity contribution in [1.29, 1.82) is 0 Å². The van der Waals surface area contributed by atoms with Gasteiger partial charge >= 0.3 is 0 Å². The van der Waals surface area contributed by atoms with E-state index < -0.39 is 0 Å². The maximum atomic E-state index is 10.9. The molecule has 4 N–H and O–H groups in total. The fourth-order valence-corrected chi connectivity index (χ4v) is 1.61. The van der Waals surface area contributed by atoms with Crippen LogP contribution in [0.5, 0.6) is 0 Å². The highest BCUT2D eigenvalue weighted by Gasteiger charge is 2.10. The number of nitrogens with zero attached hydrogens (tertiary/aromatic N) is 2. The van der Waals surface area contributed by atoms with Crippen LogP contribution >= 0.6 is 0 Å². The highest BCUT2D eigenvalue weighted by atomic mass is 16.1. The van der Waals surface area contributed by atoms with Gasteiger partial charge in [0.15, 0.2) is 0 Å². The number of imidazole rings is 1. The molecule has 5 heteroatoms. The third-order valence-corrected chi connectivity index (χ3v) is 2.28. The number of aryl methyl sites for hydroxylation is 1. The van der Waals surface area contributed by atoms with Crippen molar-refractivity contribution in [2.45, 2.75) is 13.3 Å².